The standard InChI is InChI=1S/C23H30N2O.C2H2.4H2O/c1-18(2)24-22(26)17-25-15-13-21(14-16-25)23(19-9-5-3-6-10-19)20-11-7-4-8-12-20;1-2;;;;/h3-12,18,21,23H,13-17H2,1-2H3,(H,24,26);1-2H;4*1H2. The molecule has 0 bridgehead atoms. The van der Waals surface area contributed by atoms with Crippen molar-refractivity contribution in [2.45, 2.75) is 38.6 Å². The molecule has 0 unspecified atom stereocenters. The normalized spacial score (nSPS) is 13.2. The number of rotatable bonds is 6. The third-order valence-corrected chi connectivity index (χ3v) is 5.24. The number of carbonyl (C=O) groups is 1. The largest absolute Gasteiger partial charge is 0.412 e. The Hall–Kier alpha value is -2.73. The van der Waals surface area contributed by atoms with Crippen molar-refractivity contribution in [3.8, 4) is 12.8 Å². The fourth-order valence-electron chi connectivity index (χ4n) is 4.07. The summed E-state index contributed by atoms with van der Waals surface area (Å²) in [6.45, 7) is 6.52. The van der Waals surface area contributed by atoms with Gasteiger partial charge < -0.3 is 27.2 Å². The predicted octanol–water partition coefficient (Wildman–Crippen LogP) is 1.01. The molecule has 1 amide bonds. The Morgan fingerprint density at radius 3 is 1.66 bits per heavy atom. The van der Waals surface area contributed by atoms with E-state index in [1.165, 1.54) is 11.1 Å². The van der Waals surface area contributed by atoms with Crippen molar-refractivity contribution in [2.75, 3.05) is 19.6 Å². The van der Waals surface area contributed by atoms with Gasteiger partial charge >= 0.3 is 0 Å². The lowest BCUT2D eigenvalue weighted by atomic mass is 9.76. The Morgan fingerprint density at radius 2 is 1.28 bits per heavy atom. The second-order valence-electron chi connectivity index (χ2n) is 7.63. The third-order valence-electron chi connectivity index (χ3n) is 5.24. The Labute approximate surface area is 192 Å². The van der Waals surface area contributed by atoms with E-state index in [0.717, 1.165) is 25.9 Å². The van der Waals surface area contributed by atoms with Gasteiger partial charge in [-0.1, -0.05) is 60.7 Å². The van der Waals surface area contributed by atoms with Crippen molar-refractivity contribution in [3.63, 3.8) is 0 Å². The Balaban J connectivity index is -0.00000136. The van der Waals surface area contributed by atoms with Crippen LogP contribution in [0, 0.1) is 18.8 Å². The van der Waals surface area contributed by atoms with Crippen molar-refractivity contribution in [2.24, 2.45) is 5.92 Å². The van der Waals surface area contributed by atoms with Crippen LogP contribution in [0.4, 0.5) is 0 Å². The molecule has 0 radical (unpaired) electrons. The zero-order valence-electron chi connectivity index (χ0n) is 19.1. The van der Waals surface area contributed by atoms with E-state index in [0.29, 0.717) is 18.4 Å². The van der Waals surface area contributed by atoms with Crippen LogP contribution < -0.4 is 5.32 Å². The Morgan fingerprint density at radius 1 is 0.875 bits per heavy atom. The van der Waals surface area contributed by atoms with Gasteiger partial charge in [-0.05, 0) is 56.8 Å². The van der Waals surface area contributed by atoms with Crippen LogP contribution in [-0.2, 0) is 4.79 Å². The summed E-state index contributed by atoms with van der Waals surface area (Å²) >= 11 is 0. The van der Waals surface area contributed by atoms with Crippen LogP contribution in [0.1, 0.15) is 43.7 Å². The minimum atomic E-state index is 0. The number of piperidine rings is 1. The van der Waals surface area contributed by atoms with Crippen LogP contribution in [0.2, 0.25) is 0 Å². The van der Waals surface area contributed by atoms with Crippen LogP contribution in [-0.4, -0.2) is 58.4 Å². The Bertz CT molecular complexity index is 690. The number of nitrogens with zero attached hydrogens (tertiary/aromatic N) is 1. The fourth-order valence-corrected chi connectivity index (χ4v) is 4.07. The quantitative estimate of drug-likeness (QED) is 0.654. The maximum atomic E-state index is 12.0. The minimum Gasteiger partial charge on any atom is -0.412 e. The SMILES string of the molecule is C#C.CC(C)NC(=O)CN1CCC(C(c2ccccc2)c2ccccc2)CC1.O.O.O.O. The first-order chi connectivity index (χ1) is 13.6. The zero-order chi connectivity index (χ0) is 20.4. The number of benzene rings is 2. The Kier molecular flexibility index (Phi) is 19.0. The molecule has 180 valence electrons. The number of terminal acetylenes is 1. The van der Waals surface area contributed by atoms with Gasteiger partial charge in [-0.25, -0.2) is 0 Å². The first-order valence-corrected chi connectivity index (χ1v) is 10.1. The molecule has 1 heterocycles. The second-order valence-corrected chi connectivity index (χ2v) is 7.63. The summed E-state index contributed by atoms with van der Waals surface area (Å²) in [7, 11) is 0. The highest BCUT2D eigenvalue weighted by Crippen LogP contribution is 2.37. The van der Waals surface area contributed by atoms with E-state index in [2.05, 4.69) is 83.7 Å². The average molecular weight is 449 g/mol. The average Bonchev–Trinajstić information content (AvgIpc) is 2.72. The van der Waals surface area contributed by atoms with Gasteiger partial charge in [0, 0.05) is 12.0 Å². The lowest BCUT2D eigenvalue weighted by Gasteiger charge is -2.36. The summed E-state index contributed by atoms with van der Waals surface area (Å²) < 4.78 is 0. The molecule has 32 heavy (non-hydrogen) atoms. The number of hydrogen-bond donors (Lipinski definition) is 1. The van der Waals surface area contributed by atoms with Gasteiger partial charge in [0.1, 0.15) is 0 Å². The molecule has 0 aliphatic carbocycles. The molecule has 9 N–H and O–H groups in total. The summed E-state index contributed by atoms with van der Waals surface area (Å²) in [5.41, 5.74) is 2.80. The molecule has 3 rings (SSSR count). The van der Waals surface area contributed by atoms with Crippen LogP contribution in [0.25, 0.3) is 0 Å². The summed E-state index contributed by atoms with van der Waals surface area (Å²) in [6, 6.07) is 21.9. The highest BCUT2D eigenvalue weighted by atomic mass is 16.2. The van der Waals surface area contributed by atoms with E-state index >= 15 is 0 Å². The predicted molar refractivity (Wildman–Crippen MR) is 132 cm³/mol. The van der Waals surface area contributed by atoms with Crippen molar-refractivity contribution in [1.82, 2.24) is 10.2 Å². The number of hydrogen-bond acceptors (Lipinski definition) is 2. The number of nitrogens with one attached hydrogen (secondary N) is 1. The molecule has 0 saturated carbocycles. The highest BCUT2D eigenvalue weighted by Gasteiger charge is 2.29. The second kappa shape index (κ2) is 17.9. The van der Waals surface area contributed by atoms with Crippen molar-refractivity contribution < 1.29 is 26.7 Å². The highest BCUT2D eigenvalue weighted by molar-refractivity contribution is 5.78. The van der Waals surface area contributed by atoms with E-state index < -0.39 is 0 Å². The summed E-state index contributed by atoms with van der Waals surface area (Å²) in [5.74, 6) is 1.19. The number of carbonyl (C=O) groups excluding carboxylic acids is 1. The third kappa shape index (κ3) is 10.1. The van der Waals surface area contributed by atoms with Crippen LogP contribution in [0.3, 0.4) is 0 Å². The monoisotopic (exact) mass is 448 g/mol. The van der Waals surface area contributed by atoms with E-state index in [1.54, 1.807) is 0 Å². The molecule has 2 aromatic rings. The van der Waals surface area contributed by atoms with Gasteiger partial charge in [0.15, 0.2) is 0 Å². The van der Waals surface area contributed by atoms with Gasteiger partial charge in [0.2, 0.25) is 5.91 Å². The summed E-state index contributed by atoms with van der Waals surface area (Å²) in [4.78, 5) is 14.3. The van der Waals surface area contributed by atoms with Gasteiger partial charge in [0.25, 0.3) is 0 Å². The molecule has 1 fully saturated rings. The molecule has 2 aromatic carbocycles. The molecule has 1 aliphatic heterocycles. The maximum Gasteiger partial charge on any atom is 0.234 e. The summed E-state index contributed by atoms with van der Waals surface area (Å²) in [5, 5.41) is 3.00. The molecule has 7 nitrogen and oxygen atoms in total. The number of likely N-dealkylation sites (tertiary alicyclic amines) is 1. The first kappa shape index (κ1) is 33.9. The smallest absolute Gasteiger partial charge is 0.234 e. The number of amides is 1. The van der Waals surface area contributed by atoms with E-state index in [-0.39, 0.29) is 33.9 Å². The molecule has 0 aromatic heterocycles. The summed E-state index contributed by atoms with van der Waals surface area (Å²) in [6.07, 6.45) is 10.3. The lowest BCUT2D eigenvalue weighted by Crippen LogP contribution is -2.43. The maximum absolute atomic E-state index is 12.0. The molecule has 0 atom stereocenters. The molecule has 7 heteroatoms. The molecule has 1 aliphatic rings. The van der Waals surface area contributed by atoms with Crippen molar-refractivity contribution in [1.29, 1.82) is 0 Å². The van der Waals surface area contributed by atoms with E-state index in [9.17, 15) is 4.79 Å². The van der Waals surface area contributed by atoms with Gasteiger partial charge in [-0.15, -0.1) is 12.8 Å². The molecular weight excluding hydrogens is 408 g/mol. The molecule has 1 saturated heterocycles. The first-order valence-electron chi connectivity index (χ1n) is 10.1. The molecule has 0 spiro atoms. The zero-order valence-corrected chi connectivity index (χ0v) is 19.1. The van der Waals surface area contributed by atoms with Gasteiger partial charge in [-0.2, -0.15) is 0 Å². The molecular formula is C25H40N2O5. The van der Waals surface area contributed by atoms with Crippen LogP contribution in [0.5, 0.6) is 0 Å². The topological polar surface area (TPSA) is 158 Å². The minimum absolute atomic E-state index is 0. The van der Waals surface area contributed by atoms with Gasteiger partial charge in [0.05, 0.1) is 6.54 Å². The van der Waals surface area contributed by atoms with Crippen molar-refractivity contribution in [3.05, 3.63) is 71.8 Å². The van der Waals surface area contributed by atoms with Gasteiger partial charge in [-0.3, -0.25) is 9.69 Å². The van der Waals surface area contributed by atoms with E-state index in [1.807, 2.05) is 13.8 Å². The fraction of sp³-hybridized carbons (Fsp3) is 0.400. The van der Waals surface area contributed by atoms with E-state index in [4.69, 9.17) is 0 Å². The van der Waals surface area contributed by atoms with Crippen molar-refractivity contribution >= 4 is 5.91 Å². The van der Waals surface area contributed by atoms with Crippen LogP contribution in [0.15, 0.2) is 60.7 Å². The van der Waals surface area contributed by atoms with Crippen LogP contribution >= 0.6 is 0 Å². The lowest BCUT2D eigenvalue weighted by molar-refractivity contribution is -0.123.